The molecule has 2 aromatic rings. The summed E-state index contributed by atoms with van der Waals surface area (Å²) in [7, 11) is 0. The summed E-state index contributed by atoms with van der Waals surface area (Å²) < 4.78 is 1.80. The molecular weight excluding hydrogens is 330 g/mol. The number of carboxylic acids is 1. The lowest BCUT2D eigenvalue weighted by Crippen LogP contribution is -2.39. The Hall–Kier alpha value is -2.63. The Morgan fingerprint density at radius 2 is 1.96 bits per heavy atom. The van der Waals surface area contributed by atoms with Crippen LogP contribution in [0.15, 0.2) is 30.5 Å². The molecule has 1 amide bonds. The van der Waals surface area contributed by atoms with Crippen LogP contribution < -0.4 is 0 Å². The van der Waals surface area contributed by atoms with Crippen LogP contribution in [-0.4, -0.2) is 44.8 Å². The van der Waals surface area contributed by atoms with Gasteiger partial charge in [0.25, 0.3) is 0 Å². The highest BCUT2D eigenvalue weighted by molar-refractivity contribution is 5.88. The number of rotatable bonds is 5. The number of amides is 1. The first-order valence-corrected chi connectivity index (χ1v) is 9.06. The van der Waals surface area contributed by atoms with E-state index in [0.29, 0.717) is 25.2 Å². The first-order valence-electron chi connectivity index (χ1n) is 9.06. The number of carbonyl (C=O) groups excluding carboxylic acids is 1. The number of hydrogen-bond acceptors (Lipinski definition) is 3. The molecule has 0 radical (unpaired) electrons. The van der Waals surface area contributed by atoms with E-state index in [-0.39, 0.29) is 17.5 Å². The second kappa shape index (κ2) is 7.72. The second-order valence-electron chi connectivity index (χ2n) is 6.99. The van der Waals surface area contributed by atoms with Crippen molar-refractivity contribution < 1.29 is 14.7 Å². The normalized spacial score (nSPS) is 15.2. The Balaban J connectivity index is 1.53. The van der Waals surface area contributed by atoms with Gasteiger partial charge in [0, 0.05) is 19.5 Å². The summed E-state index contributed by atoms with van der Waals surface area (Å²) in [5.41, 5.74) is 3.34. The zero-order chi connectivity index (χ0) is 18.7. The average molecular weight is 355 g/mol. The quantitative estimate of drug-likeness (QED) is 0.895. The standard InChI is InChI=1S/C20H25N3O3/c1-14-4-3-5-16(12-14)6-7-19(24)22-10-8-17(9-11-22)23-15(2)18(13-21-23)20(25)26/h3-5,12-13,17H,6-11H2,1-2H3,(H,25,26). The third-order valence-corrected chi connectivity index (χ3v) is 5.15. The Morgan fingerprint density at radius 1 is 1.23 bits per heavy atom. The van der Waals surface area contributed by atoms with E-state index < -0.39 is 5.97 Å². The number of piperidine rings is 1. The highest BCUT2D eigenvalue weighted by Gasteiger charge is 2.26. The fraction of sp³-hybridized carbons (Fsp3) is 0.450. The van der Waals surface area contributed by atoms with Crippen molar-refractivity contribution in [2.45, 2.75) is 45.6 Å². The molecule has 0 unspecified atom stereocenters. The number of aryl methyl sites for hydroxylation is 2. The van der Waals surface area contributed by atoms with E-state index in [1.165, 1.54) is 17.3 Å². The predicted octanol–water partition coefficient (Wildman–Crippen LogP) is 2.99. The Kier molecular flexibility index (Phi) is 5.40. The van der Waals surface area contributed by atoms with Crippen molar-refractivity contribution in [2.75, 3.05) is 13.1 Å². The fourth-order valence-corrected chi connectivity index (χ4v) is 3.64. The first-order chi connectivity index (χ1) is 12.5. The van der Waals surface area contributed by atoms with Gasteiger partial charge < -0.3 is 10.0 Å². The maximum atomic E-state index is 12.5. The van der Waals surface area contributed by atoms with Gasteiger partial charge in [0.1, 0.15) is 5.56 Å². The van der Waals surface area contributed by atoms with E-state index in [1.807, 2.05) is 11.0 Å². The lowest BCUT2D eigenvalue weighted by atomic mass is 10.0. The summed E-state index contributed by atoms with van der Waals surface area (Å²) in [6, 6.07) is 8.43. The van der Waals surface area contributed by atoms with E-state index >= 15 is 0 Å². The van der Waals surface area contributed by atoms with Gasteiger partial charge in [0.2, 0.25) is 5.91 Å². The summed E-state index contributed by atoms with van der Waals surface area (Å²) in [4.78, 5) is 25.6. The Morgan fingerprint density at radius 3 is 2.58 bits per heavy atom. The fourth-order valence-electron chi connectivity index (χ4n) is 3.64. The molecule has 138 valence electrons. The van der Waals surface area contributed by atoms with Gasteiger partial charge in [0.15, 0.2) is 0 Å². The van der Waals surface area contributed by atoms with Gasteiger partial charge in [-0.3, -0.25) is 9.48 Å². The number of hydrogen-bond donors (Lipinski definition) is 1. The molecule has 1 saturated heterocycles. The van der Waals surface area contributed by atoms with Crippen LogP contribution in [0, 0.1) is 13.8 Å². The molecule has 26 heavy (non-hydrogen) atoms. The summed E-state index contributed by atoms with van der Waals surface area (Å²) >= 11 is 0. The van der Waals surface area contributed by atoms with Crippen LogP contribution in [0.25, 0.3) is 0 Å². The van der Waals surface area contributed by atoms with Gasteiger partial charge in [-0.15, -0.1) is 0 Å². The lowest BCUT2D eigenvalue weighted by Gasteiger charge is -2.32. The zero-order valence-electron chi connectivity index (χ0n) is 15.3. The van der Waals surface area contributed by atoms with Crippen molar-refractivity contribution in [1.82, 2.24) is 14.7 Å². The molecule has 1 fully saturated rings. The molecule has 6 heteroatoms. The van der Waals surface area contributed by atoms with Gasteiger partial charge in [-0.25, -0.2) is 4.79 Å². The lowest BCUT2D eigenvalue weighted by molar-refractivity contribution is -0.132. The number of aromatic carboxylic acids is 1. The first kappa shape index (κ1) is 18.2. The van der Waals surface area contributed by atoms with Gasteiger partial charge >= 0.3 is 5.97 Å². The van der Waals surface area contributed by atoms with Crippen molar-refractivity contribution in [3.63, 3.8) is 0 Å². The van der Waals surface area contributed by atoms with Crippen molar-refractivity contribution >= 4 is 11.9 Å². The van der Waals surface area contributed by atoms with Crippen LogP contribution in [0.2, 0.25) is 0 Å². The molecule has 2 heterocycles. The predicted molar refractivity (Wildman–Crippen MR) is 98.3 cm³/mol. The molecule has 0 aliphatic carbocycles. The van der Waals surface area contributed by atoms with Crippen LogP contribution in [0.4, 0.5) is 0 Å². The number of aromatic nitrogens is 2. The van der Waals surface area contributed by atoms with Crippen LogP contribution in [0.3, 0.4) is 0 Å². The third-order valence-electron chi connectivity index (χ3n) is 5.15. The average Bonchev–Trinajstić information content (AvgIpc) is 3.01. The van der Waals surface area contributed by atoms with Crippen molar-refractivity contribution in [1.29, 1.82) is 0 Å². The minimum absolute atomic E-state index is 0.156. The molecule has 0 spiro atoms. The van der Waals surface area contributed by atoms with Crippen molar-refractivity contribution in [3.8, 4) is 0 Å². The highest BCUT2D eigenvalue weighted by atomic mass is 16.4. The summed E-state index contributed by atoms with van der Waals surface area (Å²) in [5.74, 6) is -0.758. The minimum atomic E-state index is -0.947. The molecule has 1 aromatic heterocycles. The highest BCUT2D eigenvalue weighted by Crippen LogP contribution is 2.25. The van der Waals surface area contributed by atoms with Gasteiger partial charge in [0.05, 0.1) is 17.9 Å². The molecule has 0 atom stereocenters. The molecular formula is C20H25N3O3. The minimum Gasteiger partial charge on any atom is -0.478 e. The number of carboxylic acid groups (broad SMARTS) is 1. The van der Waals surface area contributed by atoms with Crippen LogP contribution in [0.5, 0.6) is 0 Å². The Bertz CT molecular complexity index is 804. The molecule has 0 bridgehead atoms. The zero-order valence-corrected chi connectivity index (χ0v) is 15.3. The summed E-state index contributed by atoms with van der Waals surface area (Å²) in [5, 5.41) is 13.4. The van der Waals surface area contributed by atoms with Gasteiger partial charge in [-0.2, -0.15) is 5.10 Å². The second-order valence-corrected chi connectivity index (χ2v) is 6.99. The molecule has 1 N–H and O–H groups in total. The number of benzene rings is 1. The van der Waals surface area contributed by atoms with E-state index in [1.54, 1.807) is 11.6 Å². The van der Waals surface area contributed by atoms with Crippen LogP contribution in [0.1, 0.15) is 52.5 Å². The van der Waals surface area contributed by atoms with Crippen LogP contribution >= 0.6 is 0 Å². The van der Waals surface area contributed by atoms with E-state index in [9.17, 15) is 9.59 Å². The summed E-state index contributed by atoms with van der Waals surface area (Å²) in [6.07, 6.45) is 4.31. The van der Waals surface area contributed by atoms with Crippen molar-refractivity contribution in [3.05, 3.63) is 52.8 Å². The Labute approximate surface area is 153 Å². The molecule has 3 rings (SSSR count). The third kappa shape index (κ3) is 3.95. The van der Waals surface area contributed by atoms with Crippen molar-refractivity contribution in [2.24, 2.45) is 0 Å². The van der Waals surface area contributed by atoms with Crippen LogP contribution in [-0.2, 0) is 11.2 Å². The van der Waals surface area contributed by atoms with Gasteiger partial charge in [-0.05, 0) is 38.7 Å². The topological polar surface area (TPSA) is 75.4 Å². The largest absolute Gasteiger partial charge is 0.478 e. The number of nitrogens with zero attached hydrogens (tertiary/aromatic N) is 3. The summed E-state index contributed by atoms with van der Waals surface area (Å²) in [6.45, 7) is 5.23. The molecule has 1 aliphatic heterocycles. The van der Waals surface area contributed by atoms with E-state index in [2.05, 4.69) is 30.2 Å². The maximum Gasteiger partial charge on any atom is 0.339 e. The monoisotopic (exact) mass is 355 g/mol. The molecule has 0 saturated carbocycles. The molecule has 1 aliphatic rings. The van der Waals surface area contributed by atoms with E-state index in [4.69, 9.17) is 5.11 Å². The molecule has 6 nitrogen and oxygen atoms in total. The number of carbonyl (C=O) groups is 2. The SMILES string of the molecule is Cc1cccc(CCC(=O)N2CCC(n3ncc(C(=O)O)c3C)CC2)c1. The smallest absolute Gasteiger partial charge is 0.339 e. The maximum absolute atomic E-state index is 12.5. The number of likely N-dealkylation sites (tertiary alicyclic amines) is 1. The van der Waals surface area contributed by atoms with Gasteiger partial charge in [-0.1, -0.05) is 29.8 Å². The van der Waals surface area contributed by atoms with E-state index in [0.717, 1.165) is 19.3 Å². The molecule has 1 aromatic carbocycles.